The first-order valence-electron chi connectivity index (χ1n) is 9.18. The number of carbonyl (C=O) groups is 1. The zero-order valence-electron chi connectivity index (χ0n) is 14.8. The maximum Gasteiger partial charge on any atom is 0.222 e. The van der Waals surface area contributed by atoms with Crippen molar-refractivity contribution in [3.8, 4) is 5.75 Å². The predicted molar refractivity (Wildman–Crippen MR) is 94.0 cm³/mol. The third-order valence-electron chi connectivity index (χ3n) is 6.05. The second kappa shape index (κ2) is 7.14. The van der Waals surface area contributed by atoms with Crippen molar-refractivity contribution in [1.29, 1.82) is 0 Å². The number of hydrogen-bond donors (Lipinski definition) is 1. The van der Waals surface area contributed by atoms with E-state index in [2.05, 4.69) is 19.9 Å². The molecular weight excluding hydrogens is 302 g/mol. The average Bonchev–Trinajstić information content (AvgIpc) is 3.08. The van der Waals surface area contributed by atoms with Crippen molar-refractivity contribution in [3.63, 3.8) is 0 Å². The Balaban J connectivity index is 1.59. The van der Waals surface area contributed by atoms with Crippen molar-refractivity contribution in [2.75, 3.05) is 19.7 Å². The van der Waals surface area contributed by atoms with Gasteiger partial charge in [0, 0.05) is 26.1 Å². The van der Waals surface area contributed by atoms with Crippen molar-refractivity contribution >= 4 is 5.91 Å². The summed E-state index contributed by atoms with van der Waals surface area (Å²) < 4.78 is 5.62. The lowest BCUT2D eigenvalue weighted by atomic mass is 9.68. The second-order valence-electron chi connectivity index (χ2n) is 7.63. The molecule has 0 aromatic heterocycles. The molecule has 0 spiro atoms. The standard InChI is InChI=1S/C20H29NO3/c1-15-14-21(19(23)9-8-18-7-4-12-24-18)11-10-20(15,2)16-5-3-6-17(22)13-16/h3,5-6,13,15,18,22H,4,7-12,14H2,1-2H3. The zero-order valence-corrected chi connectivity index (χ0v) is 14.8. The fraction of sp³-hybridized carbons (Fsp3) is 0.650. The molecule has 1 N–H and O–H groups in total. The van der Waals surface area contributed by atoms with Gasteiger partial charge in [-0.15, -0.1) is 0 Å². The molecule has 132 valence electrons. The second-order valence-corrected chi connectivity index (χ2v) is 7.63. The summed E-state index contributed by atoms with van der Waals surface area (Å²) in [6.07, 6.45) is 4.90. The van der Waals surface area contributed by atoms with E-state index >= 15 is 0 Å². The molecule has 2 saturated heterocycles. The molecule has 2 fully saturated rings. The Bertz CT molecular complexity index is 582. The van der Waals surface area contributed by atoms with E-state index in [1.807, 2.05) is 17.0 Å². The average molecular weight is 331 g/mol. The molecule has 3 rings (SSSR count). The van der Waals surface area contributed by atoms with Crippen LogP contribution in [0.2, 0.25) is 0 Å². The number of benzene rings is 1. The molecule has 2 aliphatic heterocycles. The van der Waals surface area contributed by atoms with Gasteiger partial charge in [-0.3, -0.25) is 4.79 Å². The molecule has 3 unspecified atom stereocenters. The molecule has 1 amide bonds. The number of nitrogens with zero attached hydrogens (tertiary/aromatic N) is 1. The molecule has 4 nitrogen and oxygen atoms in total. The minimum Gasteiger partial charge on any atom is -0.508 e. The monoisotopic (exact) mass is 331 g/mol. The molecule has 4 heteroatoms. The lowest BCUT2D eigenvalue weighted by Crippen LogP contribution is -2.49. The largest absolute Gasteiger partial charge is 0.508 e. The van der Waals surface area contributed by atoms with Crippen LogP contribution < -0.4 is 0 Å². The fourth-order valence-corrected chi connectivity index (χ4v) is 4.07. The summed E-state index contributed by atoms with van der Waals surface area (Å²) in [5.74, 6) is 0.936. The first kappa shape index (κ1) is 17.3. The highest BCUT2D eigenvalue weighted by Gasteiger charge is 2.39. The topological polar surface area (TPSA) is 49.8 Å². The molecule has 1 aromatic rings. The normalized spacial score (nSPS) is 30.5. The van der Waals surface area contributed by atoms with Crippen LogP contribution in [0, 0.1) is 5.92 Å². The van der Waals surface area contributed by atoms with E-state index in [4.69, 9.17) is 4.74 Å². The first-order chi connectivity index (χ1) is 11.5. The van der Waals surface area contributed by atoms with E-state index in [-0.39, 0.29) is 17.4 Å². The van der Waals surface area contributed by atoms with Gasteiger partial charge in [0.2, 0.25) is 5.91 Å². The van der Waals surface area contributed by atoms with Crippen LogP contribution in [0.25, 0.3) is 0 Å². The van der Waals surface area contributed by atoms with Gasteiger partial charge in [-0.25, -0.2) is 0 Å². The Hall–Kier alpha value is -1.55. The van der Waals surface area contributed by atoms with Crippen molar-refractivity contribution in [2.45, 2.75) is 57.5 Å². The smallest absolute Gasteiger partial charge is 0.222 e. The van der Waals surface area contributed by atoms with Gasteiger partial charge in [-0.05, 0) is 54.7 Å². The summed E-state index contributed by atoms with van der Waals surface area (Å²) >= 11 is 0. The van der Waals surface area contributed by atoms with Crippen LogP contribution in [0.1, 0.15) is 51.5 Å². The Morgan fingerprint density at radius 1 is 1.46 bits per heavy atom. The summed E-state index contributed by atoms with van der Waals surface area (Å²) in [6, 6.07) is 7.57. The highest BCUT2D eigenvalue weighted by atomic mass is 16.5. The van der Waals surface area contributed by atoms with E-state index in [0.717, 1.165) is 45.4 Å². The number of likely N-dealkylation sites (tertiary alicyclic amines) is 1. The van der Waals surface area contributed by atoms with Gasteiger partial charge in [0.15, 0.2) is 0 Å². The SMILES string of the molecule is CC1CN(C(=O)CCC2CCCO2)CCC1(C)c1cccc(O)c1. The lowest BCUT2D eigenvalue weighted by molar-refractivity contribution is -0.134. The van der Waals surface area contributed by atoms with Crippen molar-refractivity contribution < 1.29 is 14.6 Å². The van der Waals surface area contributed by atoms with Gasteiger partial charge in [0.1, 0.15) is 5.75 Å². The number of aromatic hydroxyl groups is 1. The molecule has 3 atom stereocenters. The predicted octanol–water partition coefficient (Wildman–Crippen LogP) is 3.48. The minimum atomic E-state index is 0.00405. The molecule has 0 radical (unpaired) electrons. The maximum atomic E-state index is 12.5. The molecule has 0 bridgehead atoms. The maximum absolute atomic E-state index is 12.5. The highest BCUT2D eigenvalue weighted by Crippen LogP contribution is 2.40. The third-order valence-corrected chi connectivity index (χ3v) is 6.05. The summed E-state index contributed by atoms with van der Waals surface area (Å²) in [5.41, 5.74) is 1.17. The van der Waals surface area contributed by atoms with Crippen LogP contribution in [-0.4, -0.2) is 41.7 Å². The van der Waals surface area contributed by atoms with Gasteiger partial charge in [-0.1, -0.05) is 26.0 Å². The Kier molecular flexibility index (Phi) is 5.14. The van der Waals surface area contributed by atoms with Gasteiger partial charge < -0.3 is 14.7 Å². The quantitative estimate of drug-likeness (QED) is 0.919. The lowest BCUT2D eigenvalue weighted by Gasteiger charge is -2.45. The van der Waals surface area contributed by atoms with Gasteiger partial charge in [0.25, 0.3) is 0 Å². The van der Waals surface area contributed by atoms with Crippen LogP contribution >= 0.6 is 0 Å². The number of ether oxygens (including phenoxy) is 1. The number of phenols is 1. The zero-order chi connectivity index (χ0) is 17.2. The third kappa shape index (κ3) is 3.59. The van der Waals surface area contributed by atoms with Gasteiger partial charge >= 0.3 is 0 Å². The summed E-state index contributed by atoms with van der Waals surface area (Å²) in [5, 5.41) is 9.78. The molecule has 0 saturated carbocycles. The number of carbonyl (C=O) groups excluding carboxylic acids is 1. The van der Waals surface area contributed by atoms with Crippen LogP contribution in [0.5, 0.6) is 5.75 Å². The van der Waals surface area contributed by atoms with Gasteiger partial charge in [-0.2, -0.15) is 0 Å². The Labute approximate surface area is 144 Å². The number of phenolic OH excluding ortho intramolecular Hbond substituents is 1. The van der Waals surface area contributed by atoms with Crippen molar-refractivity contribution in [2.24, 2.45) is 5.92 Å². The first-order valence-corrected chi connectivity index (χ1v) is 9.18. The van der Waals surface area contributed by atoms with E-state index in [1.165, 1.54) is 5.56 Å². The molecule has 1 aromatic carbocycles. The van der Waals surface area contributed by atoms with E-state index < -0.39 is 0 Å². The summed E-state index contributed by atoms with van der Waals surface area (Å²) in [6.45, 7) is 6.89. The van der Waals surface area contributed by atoms with Crippen LogP contribution in [0.15, 0.2) is 24.3 Å². The summed E-state index contributed by atoms with van der Waals surface area (Å²) in [4.78, 5) is 14.6. The molecule has 2 heterocycles. The van der Waals surface area contributed by atoms with E-state index in [9.17, 15) is 9.90 Å². The van der Waals surface area contributed by atoms with E-state index in [0.29, 0.717) is 18.1 Å². The molecule has 24 heavy (non-hydrogen) atoms. The van der Waals surface area contributed by atoms with E-state index in [1.54, 1.807) is 6.07 Å². The molecule has 0 aliphatic carbocycles. The highest BCUT2D eigenvalue weighted by molar-refractivity contribution is 5.76. The molecule has 2 aliphatic rings. The van der Waals surface area contributed by atoms with Crippen molar-refractivity contribution in [3.05, 3.63) is 29.8 Å². The summed E-state index contributed by atoms with van der Waals surface area (Å²) in [7, 11) is 0. The Morgan fingerprint density at radius 2 is 2.29 bits per heavy atom. The van der Waals surface area contributed by atoms with Gasteiger partial charge in [0.05, 0.1) is 6.10 Å². The van der Waals surface area contributed by atoms with Crippen LogP contribution in [-0.2, 0) is 14.9 Å². The fourth-order valence-electron chi connectivity index (χ4n) is 4.07. The molecular formula is C20H29NO3. The van der Waals surface area contributed by atoms with Crippen molar-refractivity contribution in [1.82, 2.24) is 4.90 Å². The Morgan fingerprint density at radius 3 is 2.96 bits per heavy atom. The van der Waals surface area contributed by atoms with Crippen LogP contribution in [0.4, 0.5) is 0 Å². The number of piperidine rings is 1. The number of rotatable bonds is 4. The number of hydrogen-bond acceptors (Lipinski definition) is 3. The minimum absolute atomic E-state index is 0.00405. The number of amides is 1. The van der Waals surface area contributed by atoms with Crippen LogP contribution in [0.3, 0.4) is 0 Å².